The van der Waals surface area contributed by atoms with Crippen LogP contribution in [-0.2, 0) is 14.3 Å². The van der Waals surface area contributed by atoms with E-state index >= 15 is 0 Å². The van der Waals surface area contributed by atoms with Crippen molar-refractivity contribution in [1.29, 1.82) is 0 Å². The highest BCUT2D eigenvalue weighted by Crippen LogP contribution is 2.46. The Morgan fingerprint density at radius 3 is 2.50 bits per heavy atom. The number of hydrogen-bond acceptors (Lipinski definition) is 4. The van der Waals surface area contributed by atoms with Gasteiger partial charge in [0, 0.05) is 12.5 Å². The van der Waals surface area contributed by atoms with Crippen molar-refractivity contribution < 1.29 is 23.5 Å². The van der Waals surface area contributed by atoms with E-state index in [0.29, 0.717) is 6.42 Å². The Bertz CT molecular complexity index is 423. The number of carbonyl (C=O) groups excluding carboxylic acids is 3. The molecule has 6 nitrogen and oxygen atoms in total. The van der Waals surface area contributed by atoms with E-state index in [4.69, 9.17) is 4.74 Å². The molecule has 2 aliphatic rings. The standard InChI is InChI=1S/C11H15FN2O4/c1-11(2)5(4-6(11)18-3)14-9(16)7(12)8(15)13-10(14)17/h5-7H,4H2,1-3H3,(H,13,15,17). The number of nitrogens with zero attached hydrogens (tertiary/aromatic N) is 1. The number of imide groups is 2. The number of barbiturate groups is 1. The lowest BCUT2D eigenvalue weighted by Gasteiger charge is -2.54. The zero-order chi connectivity index (χ0) is 13.7. The van der Waals surface area contributed by atoms with Gasteiger partial charge in [-0.15, -0.1) is 0 Å². The first kappa shape index (κ1) is 12.9. The molecule has 3 unspecified atom stereocenters. The van der Waals surface area contributed by atoms with Crippen LogP contribution in [0.4, 0.5) is 9.18 Å². The Hall–Kier alpha value is -1.50. The molecule has 0 radical (unpaired) electrons. The van der Waals surface area contributed by atoms with E-state index < -0.39 is 35.5 Å². The third kappa shape index (κ3) is 1.61. The highest BCUT2D eigenvalue weighted by atomic mass is 19.1. The van der Waals surface area contributed by atoms with Crippen molar-refractivity contribution in [3.05, 3.63) is 0 Å². The van der Waals surface area contributed by atoms with Crippen LogP contribution in [0, 0.1) is 5.41 Å². The third-order valence-electron chi connectivity index (χ3n) is 3.86. The largest absolute Gasteiger partial charge is 0.381 e. The maximum Gasteiger partial charge on any atom is 0.331 e. The average molecular weight is 258 g/mol. The number of ether oxygens (including phenoxy) is 1. The van der Waals surface area contributed by atoms with Crippen LogP contribution in [0.5, 0.6) is 0 Å². The van der Waals surface area contributed by atoms with Gasteiger partial charge < -0.3 is 4.74 Å². The van der Waals surface area contributed by atoms with Gasteiger partial charge in [-0.3, -0.25) is 19.8 Å². The molecule has 18 heavy (non-hydrogen) atoms. The zero-order valence-corrected chi connectivity index (χ0v) is 10.4. The molecular weight excluding hydrogens is 243 g/mol. The first-order valence-electron chi connectivity index (χ1n) is 5.65. The van der Waals surface area contributed by atoms with Crippen molar-refractivity contribution in [2.24, 2.45) is 5.41 Å². The predicted molar refractivity (Wildman–Crippen MR) is 58.3 cm³/mol. The highest BCUT2D eigenvalue weighted by molar-refractivity contribution is 6.18. The lowest BCUT2D eigenvalue weighted by atomic mass is 9.63. The molecule has 1 N–H and O–H groups in total. The number of nitrogens with one attached hydrogen (secondary N) is 1. The molecule has 0 aromatic heterocycles. The van der Waals surface area contributed by atoms with Gasteiger partial charge in [0.2, 0.25) is 0 Å². The zero-order valence-electron chi connectivity index (χ0n) is 10.4. The smallest absolute Gasteiger partial charge is 0.331 e. The van der Waals surface area contributed by atoms with E-state index in [-0.39, 0.29) is 6.10 Å². The number of urea groups is 1. The Morgan fingerprint density at radius 2 is 2.00 bits per heavy atom. The normalized spacial score (nSPS) is 35.2. The minimum absolute atomic E-state index is 0.0983. The Balaban J connectivity index is 2.21. The minimum atomic E-state index is -2.31. The fourth-order valence-electron chi connectivity index (χ4n) is 2.56. The van der Waals surface area contributed by atoms with Gasteiger partial charge in [0.1, 0.15) is 0 Å². The molecule has 7 heteroatoms. The first-order chi connectivity index (χ1) is 8.30. The Labute approximate surface area is 103 Å². The minimum Gasteiger partial charge on any atom is -0.381 e. The summed E-state index contributed by atoms with van der Waals surface area (Å²) in [6.07, 6.45) is -1.96. The summed E-state index contributed by atoms with van der Waals surface area (Å²) in [5.74, 6) is -2.28. The van der Waals surface area contributed by atoms with Crippen LogP contribution in [0.1, 0.15) is 20.3 Å². The van der Waals surface area contributed by atoms with Crippen LogP contribution < -0.4 is 5.32 Å². The maximum atomic E-state index is 13.4. The number of halogens is 1. The third-order valence-corrected chi connectivity index (χ3v) is 3.86. The highest BCUT2D eigenvalue weighted by Gasteiger charge is 2.57. The van der Waals surface area contributed by atoms with Crippen molar-refractivity contribution in [1.82, 2.24) is 10.2 Å². The second-order valence-electron chi connectivity index (χ2n) is 5.16. The molecule has 0 aromatic rings. The molecule has 1 saturated carbocycles. The molecular formula is C11H15FN2O4. The van der Waals surface area contributed by atoms with Crippen molar-refractivity contribution in [3.63, 3.8) is 0 Å². The van der Waals surface area contributed by atoms with E-state index in [1.165, 1.54) is 0 Å². The lowest BCUT2D eigenvalue weighted by Crippen LogP contribution is -2.70. The lowest BCUT2D eigenvalue weighted by molar-refractivity contribution is -0.163. The van der Waals surface area contributed by atoms with E-state index in [0.717, 1.165) is 4.90 Å². The fourth-order valence-corrected chi connectivity index (χ4v) is 2.56. The van der Waals surface area contributed by atoms with Crippen LogP contribution in [-0.4, -0.2) is 48.2 Å². The summed E-state index contributed by atoms with van der Waals surface area (Å²) in [7, 11) is 1.54. The molecule has 4 amide bonds. The van der Waals surface area contributed by atoms with Crippen molar-refractivity contribution in [3.8, 4) is 0 Å². The molecule has 0 aromatic carbocycles. The summed E-state index contributed by atoms with van der Waals surface area (Å²) in [5.41, 5.74) is -0.456. The van der Waals surface area contributed by atoms with Crippen LogP contribution in [0.15, 0.2) is 0 Å². The fraction of sp³-hybridized carbons (Fsp3) is 0.727. The molecule has 1 aliphatic heterocycles. The maximum absolute atomic E-state index is 13.4. The van der Waals surface area contributed by atoms with Gasteiger partial charge in [-0.05, 0) is 6.42 Å². The van der Waals surface area contributed by atoms with Crippen molar-refractivity contribution >= 4 is 17.8 Å². The van der Waals surface area contributed by atoms with Gasteiger partial charge in [-0.1, -0.05) is 13.8 Å². The molecule has 2 rings (SSSR count). The van der Waals surface area contributed by atoms with Crippen LogP contribution in [0.3, 0.4) is 0 Å². The molecule has 100 valence electrons. The van der Waals surface area contributed by atoms with E-state index in [2.05, 4.69) is 0 Å². The van der Waals surface area contributed by atoms with Gasteiger partial charge in [0.25, 0.3) is 18.0 Å². The Kier molecular flexibility index (Phi) is 2.89. The summed E-state index contributed by atoms with van der Waals surface area (Å²) in [6.45, 7) is 3.67. The van der Waals surface area contributed by atoms with Gasteiger partial charge in [0.15, 0.2) is 0 Å². The molecule has 0 spiro atoms. The number of carbonyl (C=O) groups is 3. The topological polar surface area (TPSA) is 75.7 Å². The van der Waals surface area contributed by atoms with E-state index in [9.17, 15) is 18.8 Å². The van der Waals surface area contributed by atoms with Gasteiger partial charge in [-0.25, -0.2) is 9.18 Å². The predicted octanol–water partition coefficient (Wildman–Crippen LogP) is 0.216. The van der Waals surface area contributed by atoms with E-state index in [1.807, 2.05) is 19.2 Å². The number of methoxy groups -OCH3 is 1. The van der Waals surface area contributed by atoms with Gasteiger partial charge in [0.05, 0.1) is 12.1 Å². The van der Waals surface area contributed by atoms with Crippen LogP contribution in [0.2, 0.25) is 0 Å². The summed E-state index contributed by atoms with van der Waals surface area (Å²) in [4.78, 5) is 35.1. The number of alkyl halides is 1. The van der Waals surface area contributed by atoms with E-state index in [1.54, 1.807) is 7.11 Å². The van der Waals surface area contributed by atoms with Crippen LogP contribution >= 0.6 is 0 Å². The summed E-state index contributed by atoms with van der Waals surface area (Å²) >= 11 is 0. The summed E-state index contributed by atoms with van der Waals surface area (Å²) in [5, 5.41) is 1.84. The SMILES string of the molecule is COC1CC(N2C(=O)NC(=O)C(F)C2=O)C1(C)C. The number of amides is 4. The second kappa shape index (κ2) is 4.01. The molecule has 1 saturated heterocycles. The molecule has 3 atom stereocenters. The summed E-state index contributed by atoms with van der Waals surface area (Å²) < 4.78 is 18.6. The Morgan fingerprint density at radius 1 is 1.39 bits per heavy atom. The molecule has 2 fully saturated rings. The quantitative estimate of drug-likeness (QED) is 0.719. The van der Waals surface area contributed by atoms with Gasteiger partial charge in [-0.2, -0.15) is 0 Å². The average Bonchev–Trinajstić information content (AvgIpc) is 2.30. The monoisotopic (exact) mass is 258 g/mol. The molecule has 1 aliphatic carbocycles. The first-order valence-corrected chi connectivity index (χ1v) is 5.65. The van der Waals surface area contributed by atoms with Gasteiger partial charge >= 0.3 is 6.03 Å². The number of rotatable bonds is 2. The molecule has 0 bridgehead atoms. The second-order valence-corrected chi connectivity index (χ2v) is 5.16. The number of hydrogen-bond donors (Lipinski definition) is 1. The van der Waals surface area contributed by atoms with Crippen molar-refractivity contribution in [2.45, 2.75) is 38.6 Å². The molecule has 1 heterocycles. The van der Waals surface area contributed by atoms with Crippen LogP contribution in [0.25, 0.3) is 0 Å². The summed E-state index contributed by atoms with van der Waals surface area (Å²) in [6, 6.07) is -1.31. The van der Waals surface area contributed by atoms with Crippen molar-refractivity contribution in [2.75, 3.05) is 7.11 Å².